The molecule has 0 N–H and O–H groups in total. The zero-order valence-corrected chi connectivity index (χ0v) is 11.5. The first kappa shape index (κ1) is 12.6. The van der Waals surface area contributed by atoms with E-state index in [-0.39, 0.29) is 5.78 Å². The highest BCUT2D eigenvalue weighted by atomic mass is 16.1. The van der Waals surface area contributed by atoms with E-state index in [4.69, 9.17) is 0 Å². The van der Waals surface area contributed by atoms with Crippen LogP contribution in [0, 0.1) is 6.92 Å². The number of carbonyl (C=O) groups excluding carboxylic acids is 1. The summed E-state index contributed by atoms with van der Waals surface area (Å²) in [6, 6.07) is 22.1. The van der Waals surface area contributed by atoms with E-state index < -0.39 is 0 Å². The molecule has 0 aromatic heterocycles. The van der Waals surface area contributed by atoms with Gasteiger partial charge in [-0.3, -0.25) is 4.79 Å². The number of carbonyl (C=O) groups is 1. The molecular weight excluding hydrogens is 244 g/mol. The Kier molecular flexibility index (Phi) is 3.34. The molecular formula is C19H16O. The Morgan fingerprint density at radius 2 is 1.55 bits per heavy atom. The van der Waals surface area contributed by atoms with E-state index in [0.29, 0.717) is 6.42 Å². The quantitative estimate of drug-likeness (QED) is 0.630. The molecule has 0 spiro atoms. The van der Waals surface area contributed by atoms with E-state index >= 15 is 0 Å². The standard InChI is InChI=1S/C19H16O/c1-14-9-11-15(12-10-14)13-19(20)18-8-4-6-16-5-2-3-7-17(16)18/h2-12H,13H2,1H3. The summed E-state index contributed by atoms with van der Waals surface area (Å²) in [5, 5.41) is 2.15. The summed E-state index contributed by atoms with van der Waals surface area (Å²) in [6.45, 7) is 2.05. The highest BCUT2D eigenvalue weighted by molar-refractivity contribution is 6.08. The summed E-state index contributed by atoms with van der Waals surface area (Å²) < 4.78 is 0. The first-order chi connectivity index (χ1) is 9.74. The highest BCUT2D eigenvalue weighted by Crippen LogP contribution is 2.20. The minimum Gasteiger partial charge on any atom is -0.294 e. The van der Waals surface area contributed by atoms with Crippen molar-refractivity contribution in [1.29, 1.82) is 0 Å². The molecule has 0 atom stereocenters. The lowest BCUT2D eigenvalue weighted by Crippen LogP contribution is -2.04. The van der Waals surface area contributed by atoms with Gasteiger partial charge in [0.2, 0.25) is 0 Å². The molecule has 0 fully saturated rings. The first-order valence-electron chi connectivity index (χ1n) is 6.80. The molecule has 0 saturated heterocycles. The third-order valence-electron chi connectivity index (χ3n) is 3.58. The Labute approximate surface area is 118 Å². The van der Waals surface area contributed by atoms with Gasteiger partial charge in [0.05, 0.1) is 0 Å². The summed E-state index contributed by atoms with van der Waals surface area (Å²) in [5.74, 6) is 0.172. The van der Waals surface area contributed by atoms with Crippen LogP contribution in [-0.4, -0.2) is 5.78 Å². The molecule has 98 valence electrons. The maximum atomic E-state index is 12.5. The Bertz CT molecular complexity index is 749. The molecule has 3 rings (SSSR count). The molecule has 0 unspecified atom stereocenters. The molecule has 0 saturated carbocycles. The van der Waals surface area contributed by atoms with Crippen LogP contribution in [0.15, 0.2) is 66.7 Å². The first-order valence-corrected chi connectivity index (χ1v) is 6.80. The number of benzene rings is 3. The van der Waals surface area contributed by atoms with Crippen molar-refractivity contribution < 1.29 is 4.79 Å². The summed E-state index contributed by atoms with van der Waals surface area (Å²) in [7, 11) is 0. The van der Waals surface area contributed by atoms with Gasteiger partial charge in [-0.15, -0.1) is 0 Å². The Morgan fingerprint density at radius 1 is 0.850 bits per heavy atom. The highest BCUT2D eigenvalue weighted by Gasteiger charge is 2.10. The zero-order chi connectivity index (χ0) is 13.9. The largest absolute Gasteiger partial charge is 0.294 e. The molecule has 3 aromatic carbocycles. The summed E-state index contributed by atoms with van der Waals surface area (Å²) in [6.07, 6.45) is 0.453. The second-order valence-electron chi connectivity index (χ2n) is 5.11. The van der Waals surface area contributed by atoms with Gasteiger partial charge in [0, 0.05) is 12.0 Å². The molecule has 3 aromatic rings. The SMILES string of the molecule is Cc1ccc(CC(=O)c2cccc3ccccc23)cc1. The number of ketones is 1. The van der Waals surface area contributed by atoms with Crippen molar-refractivity contribution in [3.63, 3.8) is 0 Å². The molecule has 0 aliphatic heterocycles. The van der Waals surface area contributed by atoms with Crippen LogP contribution in [0.5, 0.6) is 0 Å². The summed E-state index contributed by atoms with van der Waals surface area (Å²) >= 11 is 0. The average Bonchev–Trinajstić information content (AvgIpc) is 2.49. The normalized spacial score (nSPS) is 10.7. The lowest BCUT2D eigenvalue weighted by molar-refractivity contribution is 0.0994. The zero-order valence-electron chi connectivity index (χ0n) is 11.5. The van der Waals surface area contributed by atoms with Crippen molar-refractivity contribution in [1.82, 2.24) is 0 Å². The molecule has 0 aliphatic rings. The number of hydrogen-bond acceptors (Lipinski definition) is 1. The fourth-order valence-corrected chi connectivity index (χ4v) is 2.46. The average molecular weight is 260 g/mol. The van der Waals surface area contributed by atoms with Gasteiger partial charge < -0.3 is 0 Å². The summed E-state index contributed by atoms with van der Waals surface area (Å²) in [5.41, 5.74) is 3.09. The summed E-state index contributed by atoms with van der Waals surface area (Å²) in [4.78, 5) is 12.5. The third kappa shape index (κ3) is 2.48. The van der Waals surface area contributed by atoms with Crippen molar-refractivity contribution in [2.45, 2.75) is 13.3 Å². The van der Waals surface area contributed by atoms with E-state index in [9.17, 15) is 4.79 Å². The lowest BCUT2D eigenvalue weighted by Gasteiger charge is -2.06. The van der Waals surface area contributed by atoms with Crippen LogP contribution in [0.3, 0.4) is 0 Å². The molecule has 0 bridgehead atoms. The molecule has 0 heterocycles. The predicted molar refractivity (Wildman–Crippen MR) is 83.2 cm³/mol. The van der Waals surface area contributed by atoms with Crippen LogP contribution in [0.2, 0.25) is 0 Å². The second-order valence-corrected chi connectivity index (χ2v) is 5.11. The van der Waals surface area contributed by atoms with E-state index in [2.05, 4.69) is 6.92 Å². The lowest BCUT2D eigenvalue weighted by atomic mass is 9.97. The molecule has 1 heteroatoms. The van der Waals surface area contributed by atoms with Gasteiger partial charge in [0.1, 0.15) is 0 Å². The predicted octanol–water partition coefficient (Wildman–Crippen LogP) is 4.57. The topological polar surface area (TPSA) is 17.1 Å². The maximum absolute atomic E-state index is 12.5. The number of rotatable bonds is 3. The fourth-order valence-electron chi connectivity index (χ4n) is 2.46. The van der Waals surface area contributed by atoms with Gasteiger partial charge in [-0.25, -0.2) is 0 Å². The van der Waals surface area contributed by atoms with Crippen molar-refractivity contribution in [2.75, 3.05) is 0 Å². The van der Waals surface area contributed by atoms with E-state index in [1.165, 1.54) is 5.56 Å². The van der Waals surface area contributed by atoms with Gasteiger partial charge in [-0.1, -0.05) is 72.3 Å². The molecule has 1 nitrogen and oxygen atoms in total. The minimum absolute atomic E-state index is 0.172. The fraction of sp³-hybridized carbons (Fsp3) is 0.105. The van der Waals surface area contributed by atoms with Crippen LogP contribution in [-0.2, 0) is 6.42 Å². The van der Waals surface area contributed by atoms with Crippen molar-refractivity contribution in [3.8, 4) is 0 Å². The Morgan fingerprint density at radius 3 is 2.35 bits per heavy atom. The van der Waals surface area contributed by atoms with Gasteiger partial charge in [0.25, 0.3) is 0 Å². The molecule has 0 aliphatic carbocycles. The number of fused-ring (bicyclic) bond motifs is 1. The Hall–Kier alpha value is -2.41. The molecule has 0 radical (unpaired) electrons. The van der Waals surface area contributed by atoms with Crippen LogP contribution in [0.25, 0.3) is 10.8 Å². The maximum Gasteiger partial charge on any atom is 0.167 e. The van der Waals surface area contributed by atoms with E-state index in [1.54, 1.807) is 0 Å². The Balaban J connectivity index is 1.94. The van der Waals surface area contributed by atoms with E-state index in [1.807, 2.05) is 66.7 Å². The molecule has 0 amide bonds. The minimum atomic E-state index is 0.172. The van der Waals surface area contributed by atoms with Crippen molar-refractivity contribution >= 4 is 16.6 Å². The van der Waals surface area contributed by atoms with Crippen LogP contribution in [0.1, 0.15) is 21.5 Å². The van der Waals surface area contributed by atoms with Crippen LogP contribution >= 0.6 is 0 Å². The van der Waals surface area contributed by atoms with Gasteiger partial charge >= 0.3 is 0 Å². The second kappa shape index (κ2) is 5.30. The van der Waals surface area contributed by atoms with Crippen molar-refractivity contribution in [3.05, 3.63) is 83.4 Å². The van der Waals surface area contributed by atoms with E-state index in [0.717, 1.165) is 21.9 Å². The third-order valence-corrected chi connectivity index (χ3v) is 3.58. The number of aryl methyl sites for hydroxylation is 1. The van der Waals surface area contributed by atoms with Gasteiger partial charge in [-0.2, -0.15) is 0 Å². The van der Waals surface area contributed by atoms with Crippen LogP contribution in [0.4, 0.5) is 0 Å². The monoisotopic (exact) mass is 260 g/mol. The number of hydrogen-bond donors (Lipinski definition) is 0. The van der Waals surface area contributed by atoms with Crippen molar-refractivity contribution in [2.24, 2.45) is 0 Å². The van der Waals surface area contributed by atoms with Crippen LogP contribution < -0.4 is 0 Å². The van der Waals surface area contributed by atoms with Gasteiger partial charge in [0.15, 0.2) is 5.78 Å². The smallest absolute Gasteiger partial charge is 0.167 e. The molecule has 20 heavy (non-hydrogen) atoms. The number of Topliss-reactive ketones (excluding diaryl/α,β-unsaturated/α-hetero) is 1. The van der Waals surface area contributed by atoms with Gasteiger partial charge in [-0.05, 0) is 23.3 Å².